The number of aromatic nitrogens is 1. The monoisotopic (exact) mass is 250 g/mol. The molecule has 0 unspecified atom stereocenters. The molecule has 0 aliphatic heterocycles. The Kier molecular flexibility index (Phi) is 4.07. The quantitative estimate of drug-likeness (QED) is 0.869. The predicted molar refractivity (Wildman–Crippen MR) is 72.0 cm³/mol. The molecule has 1 heterocycles. The van der Waals surface area contributed by atoms with E-state index in [4.69, 9.17) is 4.74 Å². The Labute approximate surface area is 109 Å². The fraction of sp³-hybridized carbons (Fsp3) is 0.643. The molecular weight excluding hydrogens is 228 g/mol. The number of aliphatic hydroxyl groups excluding tert-OH is 1. The Bertz CT molecular complexity index is 389. The Morgan fingerprint density at radius 3 is 2.83 bits per heavy atom. The van der Waals surface area contributed by atoms with Gasteiger partial charge in [0.25, 0.3) is 0 Å². The van der Waals surface area contributed by atoms with Crippen molar-refractivity contribution in [2.75, 3.05) is 18.5 Å². The first-order chi connectivity index (χ1) is 8.56. The van der Waals surface area contributed by atoms with Crippen LogP contribution in [0.4, 0.5) is 5.82 Å². The summed E-state index contributed by atoms with van der Waals surface area (Å²) >= 11 is 0. The van der Waals surface area contributed by atoms with Gasteiger partial charge in [0.2, 0.25) is 0 Å². The molecule has 0 amide bonds. The topological polar surface area (TPSA) is 45.6 Å². The average Bonchev–Trinajstić information content (AvgIpc) is 2.26. The second-order valence-electron chi connectivity index (χ2n) is 5.36. The van der Waals surface area contributed by atoms with Crippen LogP contribution >= 0.6 is 0 Å². The maximum Gasteiger partial charge on any atom is 0.171 e. The van der Waals surface area contributed by atoms with Crippen LogP contribution in [0.1, 0.15) is 26.7 Å². The molecule has 4 nitrogen and oxygen atoms in total. The zero-order chi connectivity index (χ0) is 13.1. The molecular formula is C14H22N2O2. The van der Waals surface area contributed by atoms with Gasteiger partial charge in [-0.3, -0.25) is 0 Å². The maximum atomic E-state index is 9.32. The van der Waals surface area contributed by atoms with Crippen molar-refractivity contribution in [3.8, 4) is 5.75 Å². The van der Waals surface area contributed by atoms with Gasteiger partial charge in [0.05, 0.1) is 12.2 Å². The van der Waals surface area contributed by atoms with E-state index in [-0.39, 0.29) is 12.2 Å². The number of ether oxygens (including phenoxy) is 1. The summed E-state index contributed by atoms with van der Waals surface area (Å²) in [5, 5.41) is 9.32. The van der Waals surface area contributed by atoms with Gasteiger partial charge in [-0.15, -0.1) is 0 Å². The van der Waals surface area contributed by atoms with Crippen molar-refractivity contribution in [3.05, 3.63) is 18.3 Å². The lowest BCUT2D eigenvalue weighted by Gasteiger charge is -2.35. The highest BCUT2D eigenvalue weighted by atomic mass is 16.5. The van der Waals surface area contributed by atoms with Gasteiger partial charge < -0.3 is 14.7 Å². The van der Waals surface area contributed by atoms with Crippen molar-refractivity contribution >= 4 is 5.82 Å². The zero-order valence-corrected chi connectivity index (χ0v) is 11.3. The van der Waals surface area contributed by atoms with Crippen LogP contribution in [0.3, 0.4) is 0 Å². The molecule has 2 rings (SSSR count). The molecule has 100 valence electrons. The minimum atomic E-state index is -0.0986. The molecule has 1 aromatic rings. The number of hydrogen-bond donors (Lipinski definition) is 1. The first-order valence-electron chi connectivity index (χ1n) is 6.57. The van der Waals surface area contributed by atoms with Gasteiger partial charge in [-0.2, -0.15) is 0 Å². The number of aliphatic hydroxyl groups is 1. The lowest BCUT2D eigenvalue weighted by atomic mass is 9.82. The number of nitrogens with zero attached hydrogens (tertiary/aromatic N) is 2. The lowest BCUT2D eigenvalue weighted by Crippen LogP contribution is -2.37. The predicted octanol–water partition coefficient (Wildman–Crippen LogP) is 2.08. The summed E-state index contributed by atoms with van der Waals surface area (Å²) in [5.74, 6) is 2.28. The largest absolute Gasteiger partial charge is 0.487 e. The van der Waals surface area contributed by atoms with Crippen molar-refractivity contribution in [1.82, 2.24) is 4.98 Å². The number of hydrogen-bond acceptors (Lipinski definition) is 4. The summed E-state index contributed by atoms with van der Waals surface area (Å²) in [6.07, 6.45) is 3.63. The molecule has 1 N–H and O–H groups in total. The molecule has 18 heavy (non-hydrogen) atoms. The van der Waals surface area contributed by atoms with Gasteiger partial charge in [0.15, 0.2) is 11.6 Å². The molecule has 4 heteroatoms. The van der Waals surface area contributed by atoms with Gasteiger partial charge >= 0.3 is 0 Å². The van der Waals surface area contributed by atoms with E-state index in [0.717, 1.165) is 31.0 Å². The smallest absolute Gasteiger partial charge is 0.171 e. The molecule has 1 aliphatic carbocycles. The first-order valence-corrected chi connectivity index (χ1v) is 6.57. The molecule has 0 spiro atoms. The van der Waals surface area contributed by atoms with Crippen LogP contribution in [0.2, 0.25) is 0 Å². The van der Waals surface area contributed by atoms with Crippen LogP contribution in [-0.4, -0.2) is 35.9 Å². The Balaban J connectivity index is 2.02. The van der Waals surface area contributed by atoms with Crippen molar-refractivity contribution in [2.24, 2.45) is 5.92 Å². The normalized spacial score (nSPS) is 22.7. The van der Waals surface area contributed by atoms with Crippen LogP contribution in [0, 0.1) is 5.92 Å². The third kappa shape index (κ3) is 3.13. The molecule has 0 aromatic carbocycles. The summed E-state index contributed by atoms with van der Waals surface area (Å²) in [4.78, 5) is 6.52. The van der Waals surface area contributed by atoms with Gasteiger partial charge in [-0.25, -0.2) is 4.98 Å². The van der Waals surface area contributed by atoms with E-state index in [0.29, 0.717) is 5.92 Å². The summed E-state index contributed by atoms with van der Waals surface area (Å²) in [6.45, 7) is 4.95. The van der Waals surface area contributed by atoms with Crippen molar-refractivity contribution < 1.29 is 9.84 Å². The summed E-state index contributed by atoms with van der Waals surface area (Å²) in [5.41, 5.74) is 0. The van der Waals surface area contributed by atoms with Gasteiger partial charge in [0.1, 0.15) is 0 Å². The lowest BCUT2D eigenvalue weighted by molar-refractivity contribution is 0.0464. The summed E-state index contributed by atoms with van der Waals surface area (Å²) < 4.78 is 5.77. The maximum absolute atomic E-state index is 9.32. The molecule has 0 saturated heterocycles. The number of pyridine rings is 1. The first kappa shape index (κ1) is 13.1. The summed E-state index contributed by atoms with van der Waals surface area (Å²) in [6, 6.07) is 3.84. The molecule has 1 saturated carbocycles. The molecule has 1 aliphatic rings. The fourth-order valence-electron chi connectivity index (χ4n) is 2.34. The van der Waals surface area contributed by atoms with Crippen molar-refractivity contribution in [1.29, 1.82) is 0 Å². The zero-order valence-electron chi connectivity index (χ0n) is 11.3. The Morgan fingerprint density at radius 1 is 1.50 bits per heavy atom. The minimum Gasteiger partial charge on any atom is -0.487 e. The van der Waals surface area contributed by atoms with Gasteiger partial charge in [-0.05, 0) is 44.7 Å². The van der Waals surface area contributed by atoms with E-state index in [2.05, 4.69) is 9.88 Å². The molecule has 1 fully saturated rings. The van der Waals surface area contributed by atoms with Crippen molar-refractivity contribution in [2.45, 2.75) is 38.9 Å². The van der Waals surface area contributed by atoms with Crippen molar-refractivity contribution in [3.63, 3.8) is 0 Å². The van der Waals surface area contributed by atoms with Crippen LogP contribution in [-0.2, 0) is 0 Å². The third-order valence-corrected chi connectivity index (χ3v) is 3.22. The average molecular weight is 250 g/mol. The van der Waals surface area contributed by atoms with Crippen LogP contribution in [0.25, 0.3) is 0 Å². The summed E-state index contributed by atoms with van der Waals surface area (Å²) in [7, 11) is 2.03. The Morgan fingerprint density at radius 2 is 2.22 bits per heavy atom. The molecule has 1 aromatic heterocycles. The second kappa shape index (κ2) is 5.57. The highest BCUT2D eigenvalue weighted by molar-refractivity contribution is 5.51. The van der Waals surface area contributed by atoms with E-state index < -0.39 is 0 Å². The molecule has 0 bridgehead atoms. The van der Waals surface area contributed by atoms with E-state index >= 15 is 0 Å². The fourth-order valence-corrected chi connectivity index (χ4v) is 2.34. The molecule has 0 radical (unpaired) electrons. The van der Waals surface area contributed by atoms with Crippen LogP contribution in [0.15, 0.2) is 18.3 Å². The van der Waals surface area contributed by atoms with E-state index in [1.54, 1.807) is 6.20 Å². The number of rotatable bonds is 5. The minimum absolute atomic E-state index is 0.0986. The van der Waals surface area contributed by atoms with E-state index in [1.165, 1.54) is 0 Å². The highest BCUT2D eigenvalue weighted by Crippen LogP contribution is 2.31. The SMILES string of the molecule is CC(C)Oc1cccnc1N(C)CC1CC(O)C1. The van der Waals surface area contributed by atoms with E-state index in [1.807, 2.05) is 33.0 Å². The van der Waals surface area contributed by atoms with Crippen LogP contribution < -0.4 is 9.64 Å². The van der Waals surface area contributed by atoms with Gasteiger partial charge in [0, 0.05) is 19.8 Å². The number of anilines is 1. The van der Waals surface area contributed by atoms with Crippen LogP contribution in [0.5, 0.6) is 5.75 Å². The van der Waals surface area contributed by atoms with E-state index in [9.17, 15) is 5.11 Å². The molecule has 0 atom stereocenters. The highest BCUT2D eigenvalue weighted by Gasteiger charge is 2.28. The standard InChI is InChI=1S/C14H22N2O2/c1-10(2)18-13-5-4-6-15-14(13)16(3)9-11-7-12(17)8-11/h4-6,10-12,17H,7-9H2,1-3H3. The Hall–Kier alpha value is -1.29. The van der Waals surface area contributed by atoms with Gasteiger partial charge in [-0.1, -0.05) is 0 Å². The second-order valence-corrected chi connectivity index (χ2v) is 5.36. The third-order valence-electron chi connectivity index (χ3n) is 3.22.